The Morgan fingerprint density at radius 2 is 1.12 bits per heavy atom. The van der Waals surface area contributed by atoms with Crippen LogP contribution in [0.5, 0.6) is 0 Å². The number of benzene rings is 2. The van der Waals surface area contributed by atoms with Gasteiger partial charge in [-0.1, -0.05) is 30.3 Å². The van der Waals surface area contributed by atoms with Gasteiger partial charge in [-0.25, -0.2) is 0 Å². The van der Waals surface area contributed by atoms with Gasteiger partial charge >= 0.3 is 0 Å². The summed E-state index contributed by atoms with van der Waals surface area (Å²) in [6.07, 6.45) is 11.9. The molecule has 6 rings (SSSR count). The molecule has 43 heavy (non-hydrogen) atoms. The Kier molecular flexibility index (Phi) is 9.20. The molecule has 2 aliphatic heterocycles. The molecule has 2 fully saturated rings. The first-order valence-corrected chi connectivity index (χ1v) is 15.1. The summed E-state index contributed by atoms with van der Waals surface area (Å²) in [5, 5.41) is 20.2. The van der Waals surface area contributed by atoms with Gasteiger partial charge in [0.05, 0.1) is 43.8 Å². The molecule has 2 aromatic rings. The second-order valence-electron chi connectivity index (χ2n) is 11.0. The first-order valence-electron chi connectivity index (χ1n) is 15.1. The van der Waals surface area contributed by atoms with Crippen molar-refractivity contribution in [3.05, 3.63) is 110 Å². The molecule has 2 aromatic carbocycles. The highest BCUT2D eigenvalue weighted by atomic mass is 16.6. The zero-order valence-electron chi connectivity index (χ0n) is 24.4. The Labute approximate surface area is 252 Å². The van der Waals surface area contributed by atoms with Crippen LogP contribution in [0.2, 0.25) is 0 Å². The zero-order chi connectivity index (χ0) is 29.4. The van der Waals surface area contributed by atoms with E-state index in [1.807, 2.05) is 18.5 Å². The molecule has 4 aliphatic rings. The van der Waals surface area contributed by atoms with Gasteiger partial charge in [0.2, 0.25) is 0 Å². The molecule has 2 heterocycles. The average Bonchev–Trinajstić information content (AvgIpc) is 3.64. The number of allylic oxidation sites excluding steroid dienone is 4. The van der Waals surface area contributed by atoms with E-state index in [-0.39, 0.29) is 10.6 Å². The van der Waals surface area contributed by atoms with E-state index in [1.165, 1.54) is 33.7 Å². The lowest BCUT2D eigenvalue weighted by atomic mass is 10.1. The maximum Gasteiger partial charge on any atom is 0.269 e. The molecule has 0 saturated carbocycles. The fourth-order valence-electron chi connectivity index (χ4n) is 6.19. The Morgan fingerprint density at radius 3 is 1.58 bits per heavy atom. The molecule has 0 amide bonds. The SMILES string of the molecule is O=[N+]([O-])c1ccc(/C=C2\CCC(/C=N/N=C/C3=C(N4CCOCC4)C(=C\c4ccccc4)/CC3)=C2N2CCOCC2)cc1. The van der Waals surface area contributed by atoms with Gasteiger partial charge in [0.1, 0.15) is 0 Å². The van der Waals surface area contributed by atoms with E-state index >= 15 is 0 Å². The number of morpholine rings is 2. The molecule has 9 nitrogen and oxygen atoms in total. The van der Waals surface area contributed by atoms with Crippen molar-refractivity contribution in [2.75, 3.05) is 52.6 Å². The van der Waals surface area contributed by atoms with Crippen LogP contribution >= 0.6 is 0 Å². The van der Waals surface area contributed by atoms with Gasteiger partial charge in [0, 0.05) is 49.7 Å². The number of hydrogen-bond acceptors (Lipinski definition) is 8. The number of nitro benzene ring substituents is 1. The minimum Gasteiger partial charge on any atom is -0.378 e. The molecule has 2 aliphatic carbocycles. The predicted molar refractivity (Wildman–Crippen MR) is 170 cm³/mol. The van der Waals surface area contributed by atoms with Gasteiger partial charge < -0.3 is 19.3 Å². The van der Waals surface area contributed by atoms with Gasteiger partial charge in [-0.15, -0.1) is 0 Å². The highest BCUT2D eigenvalue weighted by Gasteiger charge is 2.27. The summed E-state index contributed by atoms with van der Waals surface area (Å²) in [7, 11) is 0. The summed E-state index contributed by atoms with van der Waals surface area (Å²) in [6.45, 7) is 6.24. The zero-order valence-corrected chi connectivity index (χ0v) is 24.4. The molecular weight excluding hydrogens is 542 g/mol. The highest BCUT2D eigenvalue weighted by Crippen LogP contribution is 2.36. The molecule has 222 valence electrons. The van der Waals surface area contributed by atoms with Crippen molar-refractivity contribution in [1.82, 2.24) is 9.80 Å². The van der Waals surface area contributed by atoms with Crippen molar-refractivity contribution in [1.29, 1.82) is 0 Å². The van der Waals surface area contributed by atoms with E-state index in [1.54, 1.807) is 24.3 Å². The second-order valence-corrected chi connectivity index (χ2v) is 11.0. The van der Waals surface area contributed by atoms with E-state index in [0.29, 0.717) is 13.2 Å². The Balaban J connectivity index is 1.26. The van der Waals surface area contributed by atoms with Crippen LogP contribution in [0.3, 0.4) is 0 Å². The molecule has 0 atom stereocenters. The van der Waals surface area contributed by atoms with Crippen molar-refractivity contribution in [2.45, 2.75) is 25.7 Å². The third-order valence-electron chi connectivity index (χ3n) is 8.28. The quantitative estimate of drug-likeness (QED) is 0.220. The smallest absolute Gasteiger partial charge is 0.269 e. The van der Waals surface area contributed by atoms with Gasteiger partial charge in [0.15, 0.2) is 0 Å². The summed E-state index contributed by atoms with van der Waals surface area (Å²) in [5.41, 5.74) is 9.64. The molecule has 0 unspecified atom stereocenters. The summed E-state index contributed by atoms with van der Waals surface area (Å²) in [4.78, 5) is 15.5. The maximum absolute atomic E-state index is 11.1. The first-order chi connectivity index (χ1) is 21.2. The predicted octanol–water partition coefficient (Wildman–Crippen LogP) is 5.88. The Morgan fingerprint density at radius 1 is 0.651 bits per heavy atom. The Hall–Kier alpha value is -4.34. The van der Waals surface area contributed by atoms with Crippen LogP contribution in [0.1, 0.15) is 36.8 Å². The second kappa shape index (κ2) is 13.8. The molecule has 0 bridgehead atoms. The topological polar surface area (TPSA) is 92.8 Å². The number of hydrogen-bond donors (Lipinski definition) is 0. The molecular formula is C34H37N5O4. The van der Waals surface area contributed by atoms with E-state index in [9.17, 15) is 10.1 Å². The summed E-state index contributed by atoms with van der Waals surface area (Å²) >= 11 is 0. The fourth-order valence-corrected chi connectivity index (χ4v) is 6.19. The lowest BCUT2D eigenvalue weighted by molar-refractivity contribution is -0.384. The van der Waals surface area contributed by atoms with Crippen LogP contribution in [0.15, 0.2) is 98.5 Å². The Bertz CT molecular complexity index is 1490. The van der Waals surface area contributed by atoms with Gasteiger partial charge in [-0.05, 0) is 83.4 Å². The molecule has 2 saturated heterocycles. The monoisotopic (exact) mass is 579 g/mol. The van der Waals surface area contributed by atoms with E-state index in [2.05, 4.69) is 56.4 Å². The number of nitro groups is 1. The fraction of sp³-hybridized carbons (Fsp3) is 0.353. The highest BCUT2D eigenvalue weighted by molar-refractivity contribution is 5.86. The van der Waals surface area contributed by atoms with Crippen LogP contribution in [0.4, 0.5) is 5.69 Å². The van der Waals surface area contributed by atoms with Crippen LogP contribution in [-0.4, -0.2) is 79.8 Å². The van der Waals surface area contributed by atoms with E-state index < -0.39 is 0 Å². The third kappa shape index (κ3) is 7.01. The molecule has 9 heteroatoms. The van der Waals surface area contributed by atoms with Crippen molar-refractivity contribution in [2.24, 2.45) is 10.2 Å². The van der Waals surface area contributed by atoms with E-state index in [4.69, 9.17) is 9.47 Å². The van der Waals surface area contributed by atoms with Crippen LogP contribution in [0.25, 0.3) is 12.2 Å². The number of ether oxygens (including phenoxy) is 2. The van der Waals surface area contributed by atoms with E-state index in [0.717, 1.165) is 76.2 Å². The first kappa shape index (κ1) is 28.8. The average molecular weight is 580 g/mol. The van der Waals surface area contributed by atoms with Gasteiger partial charge in [-0.3, -0.25) is 10.1 Å². The third-order valence-corrected chi connectivity index (χ3v) is 8.28. The summed E-state index contributed by atoms with van der Waals surface area (Å²) in [6, 6.07) is 17.2. The molecule has 0 N–H and O–H groups in total. The van der Waals surface area contributed by atoms with Crippen LogP contribution < -0.4 is 0 Å². The number of non-ortho nitro benzene ring substituents is 1. The maximum atomic E-state index is 11.1. The minimum absolute atomic E-state index is 0.0973. The number of nitrogens with zero attached hydrogens (tertiary/aromatic N) is 5. The summed E-state index contributed by atoms with van der Waals surface area (Å²) in [5.74, 6) is 0. The standard InChI is InChI=1S/C34H37N5O4/c40-39(41)32-12-6-27(7-13-32)23-29-9-11-31(34(29)38-16-20-43-21-17-38)25-36-35-24-30-10-8-28(22-26-4-2-1-3-5-26)33(30)37-14-18-42-19-15-37/h1-7,12-13,22-25H,8-11,14-21H2/b28-22-,29-23+,35-24+,36-25+. The van der Waals surface area contributed by atoms with Gasteiger partial charge in [0.25, 0.3) is 5.69 Å². The minimum atomic E-state index is -0.369. The van der Waals surface area contributed by atoms with Gasteiger partial charge in [-0.2, -0.15) is 10.2 Å². The van der Waals surface area contributed by atoms with Crippen molar-refractivity contribution < 1.29 is 14.4 Å². The number of rotatable bonds is 8. The summed E-state index contributed by atoms with van der Waals surface area (Å²) < 4.78 is 11.3. The largest absolute Gasteiger partial charge is 0.378 e. The normalized spacial score (nSPS) is 21.9. The lowest BCUT2D eigenvalue weighted by Gasteiger charge is -2.31. The molecule has 0 radical (unpaired) electrons. The van der Waals surface area contributed by atoms with Crippen LogP contribution in [-0.2, 0) is 9.47 Å². The van der Waals surface area contributed by atoms with Crippen molar-refractivity contribution in [3.63, 3.8) is 0 Å². The van der Waals surface area contributed by atoms with Crippen molar-refractivity contribution >= 4 is 30.3 Å². The van der Waals surface area contributed by atoms with Crippen molar-refractivity contribution in [3.8, 4) is 0 Å². The molecule has 0 spiro atoms. The molecule has 0 aromatic heterocycles. The lowest BCUT2D eigenvalue weighted by Crippen LogP contribution is -2.36. The van der Waals surface area contributed by atoms with Crippen LogP contribution in [0, 0.1) is 10.1 Å².